The fourth-order valence-electron chi connectivity index (χ4n) is 1.66. The number of anilines is 1. The average Bonchev–Trinajstić information content (AvgIpc) is 2.84. The highest BCUT2D eigenvalue weighted by Gasteiger charge is 2.16. The van der Waals surface area contributed by atoms with Crippen molar-refractivity contribution in [2.75, 3.05) is 11.3 Å². The van der Waals surface area contributed by atoms with E-state index in [1.165, 1.54) is 11.3 Å². The maximum Gasteiger partial charge on any atom is 0.271 e. The summed E-state index contributed by atoms with van der Waals surface area (Å²) in [5.74, 6) is 0. The Morgan fingerprint density at radius 2 is 2.05 bits per heavy atom. The van der Waals surface area contributed by atoms with Gasteiger partial charge in [0, 0.05) is 12.2 Å². The first kappa shape index (κ1) is 15.5. The fourth-order valence-corrected chi connectivity index (χ4v) is 4.72. The van der Waals surface area contributed by atoms with Crippen LogP contribution in [0.4, 0.5) is 5.69 Å². The third-order valence-corrected chi connectivity index (χ3v) is 6.07. The second kappa shape index (κ2) is 6.71. The topological polar surface area (TPSA) is 58.2 Å². The van der Waals surface area contributed by atoms with Crippen molar-refractivity contribution in [2.45, 2.75) is 17.7 Å². The van der Waals surface area contributed by atoms with Crippen LogP contribution in [0, 0.1) is 0 Å². The smallest absolute Gasteiger partial charge is 0.271 e. The zero-order valence-electron chi connectivity index (χ0n) is 10.9. The van der Waals surface area contributed by atoms with E-state index in [0.717, 1.165) is 22.4 Å². The molecule has 0 atom stereocenters. The van der Waals surface area contributed by atoms with Gasteiger partial charge in [-0.25, -0.2) is 8.42 Å². The molecule has 1 heterocycles. The number of hydrogen-bond acceptors (Lipinski definition) is 4. The van der Waals surface area contributed by atoms with Crippen LogP contribution in [0.3, 0.4) is 0 Å². The van der Waals surface area contributed by atoms with Crippen LogP contribution in [0.15, 0.2) is 44.4 Å². The minimum atomic E-state index is -3.51. The summed E-state index contributed by atoms with van der Waals surface area (Å²) in [7, 11) is -3.51. The lowest BCUT2D eigenvalue weighted by molar-refractivity contribution is 0.603. The first-order valence-corrected chi connectivity index (χ1v) is 9.18. The molecule has 7 heteroatoms. The lowest BCUT2D eigenvalue weighted by Gasteiger charge is -2.08. The molecule has 1 aromatic carbocycles. The van der Waals surface area contributed by atoms with Crippen molar-refractivity contribution in [1.82, 2.24) is 5.32 Å². The van der Waals surface area contributed by atoms with Crippen molar-refractivity contribution < 1.29 is 8.42 Å². The summed E-state index contributed by atoms with van der Waals surface area (Å²) in [6, 6.07) is 10.7. The molecule has 2 N–H and O–H groups in total. The van der Waals surface area contributed by atoms with E-state index in [-0.39, 0.29) is 0 Å². The Balaban J connectivity index is 2.17. The van der Waals surface area contributed by atoms with Crippen molar-refractivity contribution >= 4 is 43.0 Å². The first-order chi connectivity index (χ1) is 9.51. The van der Waals surface area contributed by atoms with Gasteiger partial charge in [-0.3, -0.25) is 4.72 Å². The van der Waals surface area contributed by atoms with Gasteiger partial charge in [0.05, 0.1) is 3.79 Å². The van der Waals surface area contributed by atoms with Crippen LogP contribution >= 0.6 is 27.3 Å². The molecule has 108 valence electrons. The molecule has 0 bridgehead atoms. The monoisotopic (exact) mass is 374 g/mol. The first-order valence-electron chi connectivity index (χ1n) is 6.09. The van der Waals surface area contributed by atoms with Crippen LogP contribution in [0.25, 0.3) is 0 Å². The van der Waals surface area contributed by atoms with Crippen LogP contribution in [-0.4, -0.2) is 15.0 Å². The van der Waals surface area contributed by atoms with E-state index in [1.807, 2.05) is 25.1 Å². The molecule has 0 spiro atoms. The average molecular weight is 375 g/mol. The van der Waals surface area contributed by atoms with Crippen molar-refractivity contribution in [1.29, 1.82) is 0 Å². The maximum absolute atomic E-state index is 12.2. The lowest BCUT2D eigenvalue weighted by atomic mass is 10.2. The van der Waals surface area contributed by atoms with Crippen molar-refractivity contribution in [2.24, 2.45) is 0 Å². The Bertz CT molecular complexity index is 683. The number of hydrogen-bond donors (Lipinski definition) is 2. The standard InChI is InChI=1S/C13H15BrN2O2S2/c1-2-15-9-10-4-3-5-11(8-10)16-20(17,18)13-7-6-12(14)19-13/h3-8,15-16H,2,9H2,1H3. The Morgan fingerprint density at radius 1 is 1.25 bits per heavy atom. The SMILES string of the molecule is CCNCc1cccc(NS(=O)(=O)c2ccc(Br)s2)c1. The maximum atomic E-state index is 12.2. The molecule has 2 aromatic rings. The van der Waals surface area contributed by atoms with E-state index in [9.17, 15) is 8.42 Å². The minimum Gasteiger partial charge on any atom is -0.313 e. The molecular formula is C13H15BrN2O2S2. The molecule has 0 unspecified atom stereocenters. The fraction of sp³-hybridized carbons (Fsp3) is 0.231. The molecule has 0 saturated carbocycles. The van der Waals surface area contributed by atoms with Crippen molar-refractivity contribution in [3.05, 3.63) is 45.7 Å². The summed E-state index contributed by atoms with van der Waals surface area (Å²) in [6.45, 7) is 3.62. The molecule has 0 aliphatic carbocycles. The third-order valence-electron chi connectivity index (χ3n) is 2.57. The van der Waals surface area contributed by atoms with E-state index < -0.39 is 10.0 Å². The van der Waals surface area contributed by atoms with Crippen molar-refractivity contribution in [3.63, 3.8) is 0 Å². The van der Waals surface area contributed by atoms with Crippen LogP contribution in [0.1, 0.15) is 12.5 Å². The zero-order chi connectivity index (χ0) is 14.6. The van der Waals surface area contributed by atoms with Crippen LogP contribution < -0.4 is 10.0 Å². The minimum absolute atomic E-state index is 0.293. The molecule has 1 aromatic heterocycles. The van der Waals surface area contributed by atoms with Gasteiger partial charge in [-0.05, 0) is 52.3 Å². The molecule has 0 radical (unpaired) electrons. The molecule has 0 fully saturated rings. The number of halogens is 1. The molecule has 2 rings (SSSR count). The Kier molecular flexibility index (Phi) is 5.20. The van der Waals surface area contributed by atoms with Gasteiger partial charge in [0.15, 0.2) is 0 Å². The normalized spacial score (nSPS) is 11.5. The Morgan fingerprint density at radius 3 is 2.70 bits per heavy atom. The molecule has 0 aliphatic rings. The Labute approximate surface area is 131 Å². The number of thiophene rings is 1. The van der Waals surface area contributed by atoms with Gasteiger partial charge in [-0.15, -0.1) is 11.3 Å². The molecule has 20 heavy (non-hydrogen) atoms. The summed E-state index contributed by atoms with van der Waals surface area (Å²) in [6.07, 6.45) is 0. The quantitative estimate of drug-likeness (QED) is 0.814. The largest absolute Gasteiger partial charge is 0.313 e. The van der Waals surface area contributed by atoms with Gasteiger partial charge in [0.1, 0.15) is 4.21 Å². The summed E-state index contributed by atoms with van der Waals surface area (Å²) in [5.41, 5.74) is 1.62. The highest BCUT2D eigenvalue weighted by atomic mass is 79.9. The van der Waals surface area contributed by atoms with E-state index in [0.29, 0.717) is 9.90 Å². The second-order valence-corrected chi connectivity index (χ2v) is 8.52. The van der Waals surface area contributed by atoms with E-state index >= 15 is 0 Å². The van der Waals surface area contributed by atoms with Crippen LogP contribution in [0.2, 0.25) is 0 Å². The third kappa shape index (κ3) is 4.05. The highest BCUT2D eigenvalue weighted by molar-refractivity contribution is 9.11. The number of rotatable bonds is 6. The summed E-state index contributed by atoms with van der Waals surface area (Å²) >= 11 is 4.45. The van der Waals surface area contributed by atoms with Gasteiger partial charge in [-0.1, -0.05) is 19.1 Å². The molecule has 0 amide bonds. The number of nitrogens with one attached hydrogen (secondary N) is 2. The summed E-state index contributed by atoms with van der Waals surface area (Å²) in [5, 5.41) is 3.21. The second-order valence-electron chi connectivity index (χ2n) is 4.14. The summed E-state index contributed by atoms with van der Waals surface area (Å²) in [4.78, 5) is 0. The summed E-state index contributed by atoms with van der Waals surface area (Å²) < 4.78 is 28.1. The van der Waals surface area contributed by atoms with E-state index in [2.05, 4.69) is 26.0 Å². The Hall–Kier alpha value is -0.890. The van der Waals surface area contributed by atoms with Gasteiger partial charge in [-0.2, -0.15) is 0 Å². The van der Waals surface area contributed by atoms with Gasteiger partial charge >= 0.3 is 0 Å². The van der Waals surface area contributed by atoms with E-state index in [4.69, 9.17) is 0 Å². The van der Waals surface area contributed by atoms with Crippen molar-refractivity contribution in [3.8, 4) is 0 Å². The molecule has 4 nitrogen and oxygen atoms in total. The number of benzene rings is 1. The highest BCUT2D eigenvalue weighted by Crippen LogP contribution is 2.27. The predicted molar refractivity (Wildman–Crippen MR) is 86.7 cm³/mol. The van der Waals surface area contributed by atoms with E-state index in [1.54, 1.807) is 18.2 Å². The lowest BCUT2D eigenvalue weighted by Crippen LogP contribution is -2.13. The number of sulfonamides is 1. The molecular weight excluding hydrogens is 360 g/mol. The van der Waals surface area contributed by atoms with Crippen LogP contribution in [-0.2, 0) is 16.6 Å². The molecule has 0 aliphatic heterocycles. The molecule has 0 saturated heterocycles. The predicted octanol–water partition coefficient (Wildman–Crippen LogP) is 3.42. The zero-order valence-corrected chi connectivity index (χ0v) is 14.1. The van der Waals surface area contributed by atoms with Gasteiger partial charge in [0.2, 0.25) is 0 Å². The van der Waals surface area contributed by atoms with Crippen LogP contribution in [0.5, 0.6) is 0 Å². The van der Waals surface area contributed by atoms with Gasteiger partial charge < -0.3 is 5.32 Å². The van der Waals surface area contributed by atoms with Gasteiger partial charge in [0.25, 0.3) is 10.0 Å².